The van der Waals surface area contributed by atoms with Crippen molar-refractivity contribution in [3.8, 4) is 0 Å². The van der Waals surface area contributed by atoms with Crippen molar-refractivity contribution in [1.82, 2.24) is 20.0 Å². The summed E-state index contributed by atoms with van der Waals surface area (Å²) in [5, 5.41) is 7.37. The third-order valence-corrected chi connectivity index (χ3v) is 2.69. The molecule has 1 heterocycles. The van der Waals surface area contributed by atoms with E-state index in [0.717, 1.165) is 12.1 Å². The molecule has 1 aromatic heterocycles. The standard InChI is InChI=1S/C12H22N4O/c1-5-15(4)12(17)8-13-6-11-7-14-16(9-11)10(2)3/h7,9-10,13H,5-6,8H2,1-4H3. The molecule has 0 saturated carbocycles. The van der Waals surface area contributed by atoms with E-state index in [1.54, 1.807) is 11.9 Å². The lowest BCUT2D eigenvalue weighted by Crippen LogP contribution is -2.35. The van der Waals surface area contributed by atoms with Crippen LogP contribution in [0.15, 0.2) is 12.4 Å². The van der Waals surface area contributed by atoms with Crippen molar-refractivity contribution in [2.24, 2.45) is 0 Å². The Kier molecular flexibility index (Phi) is 5.15. The molecule has 0 atom stereocenters. The monoisotopic (exact) mass is 238 g/mol. The Hall–Kier alpha value is -1.36. The second kappa shape index (κ2) is 6.39. The van der Waals surface area contributed by atoms with Crippen LogP contribution in [-0.4, -0.2) is 40.7 Å². The van der Waals surface area contributed by atoms with Gasteiger partial charge in [0.05, 0.1) is 12.7 Å². The highest BCUT2D eigenvalue weighted by atomic mass is 16.2. The third-order valence-electron chi connectivity index (χ3n) is 2.69. The molecule has 1 aromatic rings. The zero-order valence-electron chi connectivity index (χ0n) is 11.1. The molecule has 0 bridgehead atoms. The van der Waals surface area contributed by atoms with Gasteiger partial charge in [-0.05, 0) is 20.8 Å². The summed E-state index contributed by atoms with van der Waals surface area (Å²) in [5.41, 5.74) is 1.10. The summed E-state index contributed by atoms with van der Waals surface area (Å²) in [5.74, 6) is 0.115. The van der Waals surface area contributed by atoms with Crippen LogP contribution in [0.5, 0.6) is 0 Å². The number of aromatic nitrogens is 2. The highest BCUT2D eigenvalue weighted by Crippen LogP contribution is 2.04. The van der Waals surface area contributed by atoms with Crippen molar-refractivity contribution in [3.05, 3.63) is 18.0 Å². The molecule has 1 rings (SSSR count). The van der Waals surface area contributed by atoms with Crippen LogP contribution in [0.4, 0.5) is 0 Å². The average molecular weight is 238 g/mol. The zero-order chi connectivity index (χ0) is 12.8. The molecule has 0 aliphatic heterocycles. The van der Waals surface area contributed by atoms with Gasteiger partial charge in [-0.1, -0.05) is 0 Å². The molecule has 1 N–H and O–H groups in total. The Bertz CT molecular complexity index is 359. The van der Waals surface area contributed by atoms with Crippen LogP contribution >= 0.6 is 0 Å². The average Bonchev–Trinajstić information content (AvgIpc) is 2.76. The van der Waals surface area contributed by atoms with E-state index in [1.165, 1.54) is 0 Å². The molecule has 0 unspecified atom stereocenters. The normalized spacial score (nSPS) is 10.9. The number of nitrogens with one attached hydrogen (secondary N) is 1. The minimum Gasteiger partial charge on any atom is -0.345 e. The number of hydrogen-bond acceptors (Lipinski definition) is 3. The van der Waals surface area contributed by atoms with Crippen LogP contribution in [0, 0.1) is 0 Å². The van der Waals surface area contributed by atoms with Crippen LogP contribution in [0.25, 0.3) is 0 Å². The van der Waals surface area contributed by atoms with E-state index in [4.69, 9.17) is 0 Å². The quantitative estimate of drug-likeness (QED) is 0.805. The van der Waals surface area contributed by atoms with E-state index in [1.807, 2.05) is 24.0 Å². The molecule has 5 nitrogen and oxygen atoms in total. The number of rotatable bonds is 6. The number of nitrogens with zero attached hydrogens (tertiary/aromatic N) is 3. The lowest BCUT2D eigenvalue weighted by atomic mass is 10.3. The van der Waals surface area contributed by atoms with Gasteiger partial charge in [-0.3, -0.25) is 9.48 Å². The fourth-order valence-corrected chi connectivity index (χ4v) is 1.38. The molecule has 0 aliphatic rings. The molecule has 0 spiro atoms. The first-order valence-electron chi connectivity index (χ1n) is 6.02. The Labute approximate surface area is 103 Å². The maximum absolute atomic E-state index is 11.5. The van der Waals surface area contributed by atoms with E-state index in [2.05, 4.69) is 24.3 Å². The lowest BCUT2D eigenvalue weighted by Gasteiger charge is -2.14. The van der Waals surface area contributed by atoms with Crippen molar-refractivity contribution >= 4 is 5.91 Å². The summed E-state index contributed by atoms with van der Waals surface area (Å²) in [4.78, 5) is 13.2. The zero-order valence-corrected chi connectivity index (χ0v) is 11.1. The fraction of sp³-hybridized carbons (Fsp3) is 0.667. The largest absolute Gasteiger partial charge is 0.345 e. The topological polar surface area (TPSA) is 50.2 Å². The van der Waals surface area contributed by atoms with Crippen LogP contribution < -0.4 is 5.32 Å². The van der Waals surface area contributed by atoms with Crippen LogP contribution in [0.3, 0.4) is 0 Å². The molecule has 96 valence electrons. The maximum Gasteiger partial charge on any atom is 0.236 e. The molecule has 1 amide bonds. The van der Waals surface area contributed by atoms with Crippen molar-refractivity contribution in [1.29, 1.82) is 0 Å². The second-order valence-corrected chi connectivity index (χ2v) is 4.43. The summed E-state index contributed by atoms with van der Waals surface area (Å²) in [6.07, 6.45) is 3.84. The lowest BCUT2D eigenvalue weighted by molar-refractivity contribution is -0.128. The molecule has 0 radical (unpaired) electrons. The number of hydrogen-bond donors (Lipinski definition) is 1. The van der Waals surface area contributed by atoms with E-state index in [9.17, 15) is 4.79 Å². The Morgan fingerprint density at radius 3 is 2.82 bits per heavy atom. The number of carbonyl (C=O) groups excluding carboxylic acids is 1. The van der Waals surface area contributed by atoms with Gasteiger partial charge in [-0.25, -0.2) is 0 Å². The van der Waals surface area contributed by atoms with Crippen LogP contribution in [0.1, 0.15) is 32.4 Å². The highest BCUT2D eigenvalue weighted by molar-refractivity contribution is 5.77. The van der Waals surface area contributed by atoms with Gasteiger partial charge >= 0.3 is 0 Å². The predicted octanol–water partition coefficient (Wildman–Crippen LogP) is 1.03. The van der Waals surface area contributed by atoms with Crippen LogP contribution in [0.2, 0.25) is 0 Å². The second-order valence-electron chi connectivity index (χ2n) is 4.43. The van der Waals surface area contributed by atoms with E-state index in [0.29, 0.717) is 19.1 Å². The van der Waals surface area contributed by atoms with Gasteiger partial charge in [0.25, 0.3) is 0 Å². The van der Waals surface area contributed by atoms with Crippen LogP contribution in [-0.2, 0) is 11.3 Å². The van der Waals surface area contributed by atoms with Crippen molar-refractivity contribution < 1.29 is 4.79 Å². The Morgan fingerprint density at radius 1 is 1.59 bits per heavy atom. The number of carbonyl (C=O) groups is 1. The van der Waals surface area contributed by atoms with Gasteiger partial charge in [-0.15, -0.1) is 0 Å². The third kappa shape index (κ3) is 4.19. The first-order valence-corrected chi connectivity index (χ1v) is 6.02. The van der Waals surface area contributed by atoms with Crippen molar-refractivity contribution in [2.45, 2.75) is 33.4 Å². The smallest absolute Gasteiger partial charge is 0.236 e. The van der Waals surface area contributed by atoms with Gasteiger partial charge in [-0.2, -0.15) is 5.10 Å². The number of likely N-dealkylation sites (N-methyl/N-ethyl adjacent to an activating group) is 1. The molecule has 0 saturated heterocycles. The minimum absolute atomic E-state index is 0.115. The summed E-state index contributed by atoms with van der Waals surface area (Å²) in [7, 11) is 1.81. The Morgan fingerprint density at radius 2 is 2.29 bits per heavy atom. The molecule has 17 heavy (non-hydrogen) atoms. The highest BCUT2D eigenvalue weighted by Gasteiger charge is 2.06. The summed E-state index contributed by atoms with van der Waals surface area (Å²) in [6.45, 7) is 7.93. The minimum atomic E-state index is 0.115. The van der Waals surface area contributed by atoms with E-state index < -0.39 is 0 Å². The maximum atomic E-state index is 11.5. The van der Waals surface area contributed by atoms with Gasteiger partial charge in [0, 0.05) is 37.9 Å². The summed E-state index contributed by atoms with van der Waals surface area (Å²) < 4.78 is 1.91. The van der Waals surface area contributed by atoms with Gasteiger partial charge in [0.15, 0.2) is 0 Å². The number of amides is 1. The van der Waals surface area contributed by atoms with Gasteiger partial charge in [0.1, 0.15) is 0 Å². The molecule has 5 heteroatoms. The SMILES string of the molecule is CCN(C)C(=O)CNCc1cnn(C(C)C)c1. The van der Waals surface area contributed by atoms with Gasteiger partial charge in [0.2, 0.25) is 5.91 Å². The molecular formula is C12H22N4O. The van der Waals surface area contributed by atoms with E-state index >= 15 is 0 Å². The van der Waals surface area contributed by atoms with Crippen molar-refractivity contribution in [3.63, 3.8) is 0 Å². The van der Waals surface area contributed by atoms with Gasteiger partial charge < -0.3 is 10.2 Å². The molecular weight excluding hydrogens is 216 g/mol. The molecule has 0 aromatic carbocycles. The van der Waals surface area contributed by atoms with E-state index in [-0.39, 0.29) is 5.91 Å². The Balaban J connectivity index is 2.33. The van der Waals surface area contributed by atoms with Crippen molar-refractivity contribution in [2.75, 3.05) is 20.1 Å². The first kappa shape index (κ1) is 13.7. The fourth-order valence-electron chi connectivity index (χ4n) is 1.38. The first-order chi connectivity index (χ1) is 8.04. The predicted molar refractivity (Wildman–Crippen MR) is 67.6 cm³/mol. The molecule has 0 aliphatic carbocycles. The summed E-state index contributed by atoms with van der Waals surface area (Å²) >= 11 is 0. The summed E-state index contributed by atoms with van der Waals surface area (Å²) in [6, 6.07) is 0.372. The molecule has 0 fully saturated rings.